The second kappa shape index (κ2) is 3.94. The molecule has 4 nitrogen and oxygen atoms in total. The highest BCUT2D eigenvalue weighted by molar-refractivity contribution is 5.79. The summed E-state index contributed by atoms with van der Waals surface area (Å²) in [5.74, 6) is -1.57. The lowest BCUT2D eigenvalue weighted by Crippen LogP contribution is -2.16. The molecule has 1 heterocycles. The first kappa shape index (κ1) is 10.6. The van der Waals surface area contributed by atoms with E-state index in [9.17, 15) is 9.18 Å². The molecule has 0 saturated carbocycles. The van der Waals surface area contributed by atoms with Crippen molar-refractivity contribution < 1.29 is 18.7 Å². The molecule has 1 unspecified atom stereocenters. The van der Waals surface area contributed by atoms with E-state index in [0.29, 0.717) is 11.0 Å². The Kier molecular flexibility index (Phi) is 2.62. The molecule has 0 aliphatic heterocycles. The van der Waals surface area contributed by atoms with E-state index < -0.39 is 17.8 Å². The number of hydrogen-bond acceptors (Lipinski definition) is 3. The third-order valence-corrected chi connectivity index (χ3v) is 2.39. The van der Waals surface area contributed by atoms with Gasteiger partial charge >= 0.3 is 5.97 Å². The lowest BCUT2D eigenvalue weighted by atomic mass is 10.0. The summed E-state index contributed by atoms with van der Waals surface area (Å²) < 4.78 is 18.9. The molecule has 0 spiro atoms. The minimum absolute atomic E-state index is 0.191. The van der Waals surface area contributed by atoms with Crippen LogP contribution in [0.15, 0.2) is 28.9 Å². The monoisotopic (exact) mass is 223 g/mol. The van der Waals surface area contributed by atoms with Crippen LogP contribution < -0.4 is 5.73 Å². The van der Waals surface area contributed by atoms with Gasteiger partial charge in [0.2, 0.25) is 0 Å². The number of aliphatic carboxylic acids is 1. The number of rotatable bonds is 3. The van der Waals surface area contributed by atoms with E-state index in [2.05, 4.69) is 0 Å². The quantitative estimate of drug-likeness (QED) is 0.834. The van der Waals surface area contributed by atoms with Gasteiger partial charge in [0.25, 0.3) is 0 Å². The van der Waals surface area contributed by atoms with Gasteiger partial charge in [0.15, 0.2) is 0 Å². The van der Waals surface area contributed by atoms with Crippen molar-refractivity contribution in [3.63, 3.8) is 0 Å². The summed E-state index contributed by atoms with van der Waals surface area (Å²) in [6.07, 6.45) is 1.07. The van der Waals surface area contributed by atoms with Crippen LogP contribution in [0, 0.1) is 5.82 Å². The molecular formula is C11H10FNO3. The molecule has 16 heavy (non-hydrogen) atoms. The van der Waals surface area contributed by atoms with Crippen LogP contribution in [0.5, 0.6) is 0 Å². The number of carboxylic acids is 1. The van der Waals surface area contributed by atoms with Crippen molar-refractivity contribution in [2.45, 2.75) is 12.5 Å². The van der Waals surface area contributed by atoms with Gasteiger partial charge in [-0.3, -0.25) is 4.79 Å². The van der Waals surface area contributed by atoms with E-state index in [1.54, 1.807) is 6.07 Å². The van der Waals surface area contributed by atoms with Crippen molar-refractivity contribution in [3.8, 4) is 0 Å². The van der Waals surface area contributed by atoms with E-state index >= 15 is 0 Å². The number of furan rings is 1. The summed E-state index contributed by atoms with van der Waals surface area (Å²) in [5.41, 5.74) is 6.22. The highest BCUT2D eigenvalue weighted by Gasteiger charge is 2.17. The minimum Gasteiger partial charge on any atom is -0.481 e. The van der Waals surface area contributed by atoms with Crippen LogP contribution in [0.25, 0.3) is 11.0 Å². The SMILES string of the molecule is NC(CC(=O)O)c1ccc2occc2c1F. The maximum absolute atomic E-state index is 13.9. The zero-order valence-electron chi connectivity index (χ0n) is 8.31. The predicted octanol–water partition coefficient (Wildman–Crippen LogP) is 2.05. The molecule has 2 aromatic rings. The predicted molar refractivity (Wildman–Crippen MR) is 55.4 cm³/mol. The lowest BCUT2D eigenvalue weighted by molar-refractivity contribution is -0.137. The number of hydrogen-bond donors (Lipinski definition) is 2. The fourth-order valence-electron chi connectivity index (χ4n) is 1.61. The second-order valence-corrected chi connectivity index (χ2v) is 3.51. The van der Waals surface area contributed by atoms with Crippen molar-refractivity contribution in [3.05, 3.63) is 35.8 Å². The molecule has 0 saturated heterocycles. The number of fused-ring (bicyclic) bond motifs is 1. The Morgan fingerprint density at radius 1 is 1.50 bits per heavy atom. The Bertz CT molecular complexity index is 535. The van der Waals surface area contributed by atoms with Gasteiger partial charge in [0.05, 0.1) is 18.1 Å². The molecule has 2 rings (SSSR count). The fraction of sp³-hybridized carbons (Fsp3) is 0.182. The average molecular weight is 223 g/mol. The average Bonchev–Trinajstić information content (AvgIpc) is 2.65. The summed E-state index contributed by atoms with van der Waals surface area (Å²) in [7, 11) is 0. The number of benzene rings is 1. The molecule has 1 atom stereocenters. The highest BCUT2D eigenvalue weighted by Crippen LogP contribution is 2.26. The molecular weight excluding hydrogens is 213 g/mol. The van der Waals surface area contributed by atoms with E-state index in [1.165, 1.54) is 18.4 Å². The van der Waals surface area contributed by atoms with Gasteiger partial charge in [-0.2, -0.15) is 0 Å². The molecule has 0 aliphatic rings. The first-order chi connectivity index (χ1) is 7.59. The zero-order chi connectivity index (χ0) is 11.7. The normalized spacial score (nSPS) is 12.9. The van der Waals surface area contributed by atoms with Gasteiger partial charge in [-0.25, -0.2) is 4.39 Å². The van der Waals surface area contributed by atoms with Crippen molar-refractivity contribution in [2.75, 3.05) is 0 Å². The third kappa shape index (κ3) is 1.77. The molecule has 3 N–H and O–H groups in total. The van der Waals surface area contributed by atoms with E-state index in [-0.39, 0.29) is 12.0 Å². The van der Waals surface area contributed by atoms with Gasteiger partial charge in [0, 0.05) is 11.6 Å². The Hall–Kier alpha value is -1.88. The Labute approximate surface area is 90.5 Å². The topological polar surface area (TPSA) is 76.5 Å². The van der Waals surface area contributed by atoms with Crippen LogP contribution in [0.4, 0.5) is 4.39 Å². The molecule has 0 aliphatic carbocycles. The lowest BCUT2D eigenvalue weighted by Gasteiger charge is -2.10. The van der Waals surface area contributed by atoms with Crippen LogP contribution >= 0.6 is 0 Å². The molecule has 0 bridgehead atoms. The fourth-order valence-corrected chi connectivity index (χ4v) is 1.61. The van der Waals surface area contributed by atoms with Gasteiger partial charge in [0.1, 0.15) is 11.4 Å². The molecule has 5 heteroatoms. The van der Waals surface area contributed by atoms with Crippen LogP contribution in [0.1, 0.15) is 18.0 Å². The Morgan fingerprint density at radius 2 is 2.25 bits per heavy atom. The first-order valence-corrected chi connectivity index (χ1v) is 4.72. The van der Waals surface area contributed by atoms with Gasteiger partial charge in [-0.15, -0.1) is 0 Å². The summed E-state index contributed by atoms with van der Waals surface area (Å²) in [6.45, 7) is 0. The van der Waals surface area contributed by atoms with Crippen molar-refractivity contribution in [1.82, 2.24) is 0 Å². The number of nitrogens with two attached hydrogens (primary N) is 1. The Balaban J connectivity index is 2.44. The minimum atomic E-state index is -1.06. The van der Waals surface area contributed by atoms with Crippen LogP contribution in [-0.4, -0.2) is 11.1 Å². The smallest absolute Gasteiger partial charge is 0.305 e. The van der Waals surface area contributed by atoms with E-state index in [0.717, 1.165) is 0 Å². The largest absolute Gasteiger partial charge is 0.481 e. The molecule has 0 fully saturated rings. The maximum Gasteiger partial charge on any atom is 0.305 e. The van der Waals surface area contributed by atoms with Crippen LogP contribution in [-0.2, 0) is 4.79 Å². The van der Waals surface area contributed by atoms with Gasteiger partial charge in [-0.1, -0.05) is 6.07 Å². The van der Waals surface area contributed by atoms with Gasteiger partial charge in [-0.05, 0) is 12.1 Å². The summed E-state index contributed by atoms with van der Waals surface area (Å²) in [5, 5.41) is 8.91. The zero-order valence-corrected chi connectivity index (χ0v) is 8.31. The molecule has 84 valence electrons. The Morgan fingerprint density at radius 3 is 2.94 bits per heavy atom. The van der Waals surface area contributed by atoms with Crippen molar-refractivity contribution in [1.29, 1.82) is 0 Å². The van der Waals surface area contributed by atoms with Crippen molar-refractivity contribution in [2.24, 2.45) is 5.73 Å². The van der Waals surface area contributed by atoms with Crippen LogP contribution in [0.3, 0.4) is 0 Å². The number of carboxylic acid groups (broad SMARTS) is 1. The van der Waals surface area contributed by atoms with E-state index in [4.69, 9.17) is 15.3 Å². The molecule has 1 aromatic heterocycles. The van der Waals surface area contributed by atoms with E-state index in [1.807, 2.05) is 0 Å². The molecule has 1 aromatic carbocycles. The summed E-state index contributed by atoms with van der Waals surface area (Å²) in [6, 6.07) is 3.67. The third-order valence-electron chi connectivity index (χ3n) is 2.39. The first-order valence-electron chi connectivity index (χ1n) is 4.72. The van der Waals surface area contributed by atoms with Gasteiger partial charge < -0.3 is 15.3 Å². The molecule has 0 radical (unpaired) electrons. The number of halogens is 1. The maximum atomic E-state index is 13.9. The summed E-state index contributed by atoms with van der Waals surface area (Å²) in [4.78, 5) is 10.5. The number of carbonyl (C=O) groups is 1. The molecule has 0 amide bonds. The standard InChI is InChI=1S/C11H10FNO3/c12-11-6(8(13)5-10(14)15)1-2-9-7(11)3-4-16-9/h1-4,8H,5,13H2,(H,14,15). The van der Waals surface area contributed by atoms with Crippen LogP contribution in [0.2, 0.25) is 0 Å². The highest BCUT2D eigenvalue weighted by atomic mass is 19.1. The van der Waals surface area contributed by atoms with Crippen molar-refractivity contribution >= 4 is 16.9 Å². The second-order valence-electron chi connectivity index (χ2n) is 3.51. The summed E-state index contributed by atoms with van der Waals surface area (Å²) >= 11 is 0.